The molecule has 0 aliphatic heterocycles. The first-order valence-electron chi connectivity index (χ1n) is 4.29. The zero-order valence-corrected chi connectivity index (χ0v) is 9.10. The summed E-state index contributed by atoms with van der Waals surface area (Å²) in [7, 11) is 1.86. The molecule has 74 valence electrons. The van der Waals surface area contributed by atoms with E-state index in [-0.39, 0.29) is 5.12 Å². The zero-order valence-electron chi connectivity index (χ0n) is 8.28. The Morgan fingerprint density at radius 1 is 1.71 bits per heavy atom. The summed E-state index contributed by atoms with van der Waals surface area (Å²) in [4.78, 5) is 10.6. The predicted octanol–water partition coefficient (Wildman–Crippen LogP) is 1.44. The summed E-state index contributed by atoms with van der Waals surface area (Å²) in [6, 6.07) is 0. The van der Waals surface area contributed by atoms with E-state index in [1.54, 1.807) is 17.8 Å². The molecule has 0 aliphatic rings. The second-order valence-electron chi connectivity index (χ2n) is 2.79. The van der Waals surface area contributed by atoms with Gasteiger partial charge in [-0.1, -0.05) is 23.6 Å². The van der Waals surface area contributed by atoms with Crippen molar-refractivity contribution in [3.05, 3.63) is 18.0 Å². The lowest BCUT2D eigenvalue weighted by molar-refractivity contribution is -0.109. The Hall–Kier alpha value is -1.21. The Morgan fingerprint density at radius 3 is 3.07 bits per heavy atom. The average Bonchev–Trinajstić information content (AvgIpc) is 2.50. The fourth-order valence-corrected chi connectivity index (χ4v) is 1.39. The molecule has 3 nitrogen and oxygen atoms in total. The Labute approximate surface area is 87.9 Å². The van der Waals surface area contributed by atoms with Crippen molar-refractivity contribution >= 4 is 16.9 Å². The molecular formula is C10H12N2OS. The molecule has 0 amide bonds. The summed E-state index contributed by atoms with van der Waals surface area (Å²) < 4.78 is 1.72. The van der Waals surface area contributed by atoms with E-state index < -0.39 is 0 Å². The van der Waals surface area contributed by atoms with Crippen LogP contribution in [0.2, 0.25) is 0 Å². The molecule has 0 radical (unpaired) electrons. The van der Waals surface area contributed by atoms with Gasteiger partial charge in [0.25, 0.3) is 0 Å². The van der Waals surface area contributed by atoms with Crippen molar-refractivity contribution in [2.45, 2.75) is 13.3 Å². The molecule has 0 aromatic carbocycles. The number of rotatable bonds is 2. The fourth-order valence-electron chi connectivity index (χ4n) is 0.896. The highest BCUT2D eigenvalue weighted by Crippen LogP contribution is 2.02. The van der Waals surface area contributed by atoms with Gasteiger partial charge in [0.2, 0.25) is 0 Å². The van der Waals surface area contributed by atoms with Crippen LogP contribution in [0.4, 0.5) is 0 Å². The van der Waals surface area contributed by atoms with Crippen LogP contribution in [-0.4, -0.2) is 20.6 Å². The van der Waals surface area contributed by atoms with Crippen LogP contribution in [0.15, 0.2) is 12.4 Å². The maximum absolute atomic E-state index is 10.6. The van der Waals surface area contributed by atoms with Crippen molar-refractivity contribution in [1.82, 2.24) is 9.78 Å². The molecule has 1 heterocycles. The molecule has 4 heteroatoms. The van der Waals surface area contributed by atoms with Gasteiger partial charge in [0.05, 0.1) is 11.8 Å². The van der Waals surface area contributed by atoms with Crippen molar-refractivity contribution in [3.8, 4) is 11.8 Å². The summed E-state index contributed by atoms with van der Waals surface area (Å²) in [5.41, 5.74) is 0.917. The van der Waals surface area contributed by atoms with Crippen LogP contribution < -0.4 is 0 Å². The Kier molecular flexibility index (Phi) is 4.27. The van der Waals surface area contributed by atoms with Gasteiger partial charge in [0.15, 0.2) is 5.12 Å². The van der Waals surface area contributed by atoms with Crippen molar-refractivity contribution in [2.24, 2.45) is 7.05 Å². The Bertz CT molecular complexity index is 373. The second-order valence-corrected chi connectivity index (χ2v) is 4.07. The number of carbonyl (C=O) groups is 1. The van der Waals surface area contributed by atoms with E-state index in [1.165, 1.54) is 11.8 Å². The lowest BCUT2D eigenvalue weighted by atomic mass is 10.3. The summed E-state index contributed by atoms with van der Waals surface area (Å²) in [5.74, 6) is 6.74. The van der Waals surface area contributed by atoms with Gasteiger partial charge in [-0.25, -0.2) is 0 Å². The van der Waals surface area contributed by atoms with Gasteiger partial charge in [-0.2, -0.15) is 5.10 Å². The number of carbonyl (C=O) groups excluding carboxylic acids is 1. The van der Waals surface area contributed by atoms with E-state index in [0.29, 0.717) is 0 Å². The van der Waals surface area contributed by atoms with Crippen LogP contribution in [0.25, 0.3) is 0 Å². The van der Waals surface area contributed by atoms with Gasteiger partial charge in [-0.3, -0.25) is 9.48 Å². The topological polar surface area (TPSA) is 34.9 Å². The van der Waals surface area contributed by atoms with Gasteiger partial charge < -0.3 is 0 Å². The van der Waals surface area contributed by atoms with Gasteiger partial charge in [-0.05, 0) is 0 Å². The summed E-state index contributed by atoms with van der Waals surface area (Å²) in [6.45, 7) is 1.57. The van der Waals surface area contributed by atoms with Gasteiger partial charge in [0.1, 0.15) is 0 Å². The van der Waals surface area contributed by atoms with Crippen molar-refractivity contribution in [3.63, 3.8) is 0 Å². The fraction of sp³-hybridized carbons (Fsp3) is 0.400. The van der Waals surface area contributed by atoms with E-state index >= 15 is 0 Å². The van der Waals surface area contributed by atoms with E-state index in [4.69, 9.17) is 0 Å². The highest BCUT2D eigenvalue weighted by Gasteiger charge is 1.91. The number of aromatic nitrogens is 2. The molecule has 0 unspecified atom stereocenters. The molecule has 14 heavy (non-hydrogen) atoms. The largest absolute Gasteiger partial charge is 0.288 e. The molecular weight excluding hydrogens is 196 g/mol. The zero-order chi connectivity index (χ0) is 10.4. The molecule has 0 saturated heterocycles. The first-order valence-corrected chi connectivity index (χ1v) is 5.28. The van der Waals surface area contributed by atoms with Crippen molar-refractivity contribution in [1.29, 1.82) is 0 Å². The molecule has 1 aromatic rings. The monoisotopic (exact) mass is 208 g/mol. The van der Waals surface area contributed by atoms with Crippen molar-refractivity contribution in [2.75, 3.05) is 5.75 Å². The molecule has 1 rings (SSSR count). The van der Waals surface area contributed by atoms with E-state index in [0.717, 1.165) is 17.7 Å². The van der Waals surface area contributed by atoms with Crippen LogP contribution >= 0.6 is 11.8 Å². The maximum Gasteiger partial charge on any atom is 0.185 e. The number of nitrogens with zero attached hydrogens (tertiary/aromatic N) is 2. The number of hydrogen-bond donors (Lipinski definition) is 0. The maximum atomic E-state index is 10.6. The molecule has 0 atom stereocenters. The smallest absolute Gasteiger partial charge is 0.185 e. The molecule has 0 spiro atoms. The van der Waals surface area contributed by atoms with Crippen LogP contribution in [0.3, 0.4) is 0 Å². The van der Waals surface area contributed by atoms with Crippen LogP contribution in [0.1, 0.15) is 18.9 Å². The standard InChI is InChI=1S/C10H12N2OS/c1-9(13)14-6-4-3-5-10-7-11-12(2)8-10/h7-8H,4,6H2,1-2H3. The van der Waals surface area contributed by atoms with Gasteiger partial charge in [-0.15, -0.1) is 0 Å². The summed E-state index contributed by atoms with van der Waals surface area (Å²) in [5, 5.41) is 4.15. The number of thioether (sulfide) groups is 1. The minimum absolute atomic E-state index is 0.146. The lowest BCUT2D eigenvalue weighted by Crippen LogP contribution is -1.84. The van der Waals surface area contributed by atoms with Crippen LogP contribution in [-0.2, 0) is 11.8 Å². The first-order chi connectivity index (χ1) is 6.68. The number of hydrogen-bond acceptors (Lipinski definition) is 3. The number of aryl methyl sites for hydroxylation is 1. The van der Waals surface area contributed by atoms with E-state index in [2.05, 4.69) is 16.9 Å². The summed E-state index contributed by atoms with van der Waals surface area (Å²) >= 11 is 1.31. The molecule has 0 bridgehead atoms. The average molecular weight is 208 g/mol. The third-order valence-electron chi connectivity index (χ3n) is 1.47. The Balaban J connectivity index is 2.30. The first kappa shape index (κ1) is 10.9. The van der Waals surface area contributed by atoms with Gasteiger partial charge in [0, 0.05) is 32.3 Å². The lowest BCUT2D eigenvalue weighted by Gasteiger charge is -1.87. The van der Waals surface area contributed by atoms with Gasteiger partial charge >= 0.3 is 0 Å². The SMILES string of the molecule is CC(=O)SCCC#Cc1cnn(C)c1. The molecule has 0 N–H and O–H groups in total. The highest BCUT2D eigenvalue weighted by molar-refractivity contribution is 8.13. The minimum Gasteiger partial charge on any atom is -0.288 e. The molecule has 0 aliphatic carbocycles. The molecule has 0 fully saturated rings. The third kappa shape index (κ3) is 4.15. The second kappa shape index (κ2) is 5.51. The normalized spacial score (nSPS) is 9.29. The molecule has 0 saturated carbocycles. The Morgan fingerprint density at radius 2 is 2.50 bits per heavy atom. The highest BCUT2D eigenvalue weighted by atomic mass is 32.2. The third-order valence-corrected chi connectivity index (χ3v) is 2.28. The molecule has 1 aromatic heterocycles. The predicted molar refractivity (Wildman–Crippen MR) is 57.8 cm³/mol. The van der Waals surface area contributed by atoms with E-state index in [1.807, 2.05) is 13.2 Å². The van der Waals surface area contributed by atoms with Crippen LogP contribution in [0.5, 0.6) is 0 Å². The minimum atomic E-state index is 0.146. The summed E-state index contributed by atoms with van der Waals surface area (Å²) in [6.07, 6.45) is 4.33. The van der Waals surface area contributed by atoms with E-state index in [9.17, 15) is 4.79 Å². The van der Waals surface area contributed by atoms with Crippen molar-refractivity contribution < 1.29 is 4.79 Å². The van der Waals surface area contributed by atoms with Crippen LogP contribution in [0, 0.1) is 11.8 Å². The quantitative estimate of drug-likeness (QED) is 0.545.